The van der Waals surface area contributed by atoms with Crippen LogP contribution in [0.25, 0.3) is 0 Å². The van der Waals surface area contributed by atoms with Crippen LogP contribution in [0.2, 0.25) is 0 Å². The standard InChI is InChI=1S/C15H26N2O4/c1-11(12-4-5-12)17(8-9-21-3)14(20)16-7-6-15(2,10-16)13(18)19/h11-12H,4-10H2,1-3H3,(H,18,19). The Morgan fingerprint density at radius 2 is 2.14 bits per heavy atom. The molecule has 1 heterocycles. The first kappa shape index (κ1) is 16.1. The topological polar surface area (TPSA) is 70.1 Å². The van der Waals surface area contributed by atoms with Crippen molar-refractivity contribution in [3.8, 4) is 0 Å². The number of hydrogen-bond donors (Lipinski definition) is 1. The first-order valence-electron chi connectivity index (χ1n) is 7.67. The molecule has 2 unspecified atom stereocenters. The zero-order valence-electron chi connectivity index (χ0n) is 13.2. The Hall–Kier alpha value is -1.30. The maximum atomic E-state index is 12.7. The lowest BCUT2D eigenvalue weighted by molar-refractivity contribution is -0.147. The molecule has 0 aromatic rings. The van der Waals surface area contributed by atoms with Gasteiger partial charge in [-0.25, -0.2) is 4.79 Å². The quantitative estimate of drug-likeness (QED) is 0.809. The summed E-state index contributed by atoms with van der Waals surface area (Å²) in [5.74, 6) is -0.240. The first-order chi connectivity index (χ1) is 9.89. The number of ether oxygens (including phenoxy) is 1. The van der Waals surface area contributed by atoms with Crippen LogP contribution in [0, 0.1) is 11.3 Å². The van der Waals surface area contributed by atoms with E-state index in [9.17, 15) is 14.7 Å². The molecule has 6 heteroatoms. The molecule has 0 aromatic heterocycles. The Balaban J connectivity index is 2.02. The Morgan fingerprint density at radius 1 is 1.48 bits per heavy atom. The maximum absolute atomic E-state index is 12.7. The van der Waals surface area contributed by atoms with Gasteiger partial charge in [-0.3, -0.25) is 4.79 Å². The molecule has 0 radical (unpaired) electrons. The van der Waals surface area contributed by atoms with Crippen LogP contribution in [-0.2, 0) is 9.53 Å². The van der Waals surface area contributed by atoms with Crippen molar-refractivity contribution in [2.75, 3.05) is 33.4 Å². The Bertz CT molecular complexity index is 410. The van der Waals surface area contributed by atoms with E-state index in [1.165, 1.54) is 12.8 Å². The monoisotopic (exact) mass is 298 g/mol. The average Bonchev–Trinajstić information content (AvgIpc) is 3.21. The van der Waals surface area contributed by atoms with Gasteiger partial charge in [0.2, 0.25) is 0 Å². The molecular weight excluding hydrogens is 272 g/mol. The fraction of sp³-hybridized carbons (Fsp3) is 0.867. The lowest BCUT2D eigenvalue weighted by Gasteiger charge is -2.33. The number of methoxy groups -OCH3 is 1. The molecule has 2 amide bonds. The second kappa shape index (κ2) is 6.22. The number of likely N-dealkylation sites (tertiary alicyclic amines) is 1. The summed E-state index contributed by atoms with van der Waals surface area (Å²) in [7, 11) is 1.63. The molecule has 1 aliphatic carbocycles. The normalized spacial score (nSPS) is 26.7. The summed E-state index contributed by atoms with van der Waals surface area (Å²) in [6.07, 6.45) is 2.86. The molecule has 2 rings (SSSR count). The van der Waals surface area contributed by atoms with Crippen molar-refractivity contribution in [1.82, 2.24) is 9.80 Å². The zero-order chi connectivity index (χ0) is 15.6. The van der Waals surface area contributed by atoms with Crippen LogP contribution in [0.5, 0.6) is 0 Å². The smallest absolute Gasteiger partial charge is 0.320 e. The molecule has 120 valence electrons. The minimum absolute atomic E-state index is 0.0450. The molecule has 0 spiro atoms. The highest BCUT2D eigenvalue weighted by molar-refractivity contribution is 5.79. The van der Waals surface area contributed by atoms with Crippen molar-refractivity contribution in [2.24, 2.45) is 11.3 Å². The number of carboxylic acids is 1. The van der Waals surface area contributed by atoms with Crippen LogP contribution < -0.4 is 0 Å². The van der Waals surface area contributed by atoms with E-state index < -0.39 is 11.4 Å². The van der Waals surface area contributed by atoms with Crippen molar-refractivity contribution in [2.45, 2.75) is 39.2 Å². The van der Waals surface area contributed by atoms with Gasteiger partial charge in [0.15, 0.2) is 0 Å². The van der Waals surface area contributed by atoms with Gasteiger partial charge in [0.1, 0.15) is 0 Å². The van der Waals surface area contributed by atoms with Gasteiger partial charge in [0.25, 0.3) is 0 Å². The second-order valence-corrected chi connectivity index (χ2v) is 6.58. The molecule has 1 N–H and O–H groups in total. The predicted molar refractivity (Wildman–Crippen MR) is 78.1 cm³/mol. The summed E-state index contributed by atoms with van der Waals surface area (Å²) in [4.78, 5) is 27.6. The molecule has 2 aliphatic rings. The molecule has 2 atom stereocenters. The third-order valence-corrected chi connectivity index (χ3v) is 4.84. The van der Waals surface area contributed by atoms with Gasteiger partial charge in [-0.1, -0.05) is 0 Å². The summed E-state index contributed by atoms with van der Waals surface area (Å²) < 4.78 is 5.11. The minimum atomic E-state index is -0.823. The van der Waals surface area contributed by atoms with Crippen molar-refractivity contribution >= 4 is 12.0 Å². The van der Waals surface area contributed by atoms with Gasteiger partial charge in [0, 0.05) is 32.8 Å². The number of rotatable bonds is 6. The van der Waals surface area contributed by atoms with Crippen LogP contribution >= 0.6 is 0 Å². The lowest BCUT2D eigenvalue weighted by Crippen LogP contribution is -2.49. The van der Waals surface area contributed by atoms with E-state index in [2.05, 4.69) is 6.92 Å². The third-order valence-electron chi connectivity index (χ3n) is 4.84. The summed E-state index contributed by atoms with van der Waals surface area (Å²) in [6, 6.07) is 0.153. The largest absolute Gasteiger partial charge is 0.481 e. The van der Waals surface area contributed by atoms with Crippen LogP contribution in [0.4, 0.5) is 4.79 Å². The SMILES string of the molecule is COCCN(C(=O)N1CCC(C)(C(=O)O)C1)C(C)C1CC1. The van der Waals surface area contributed by atoms with Crippen molar-refractivity contribution in [1.29, 1.82) is 0 Å². The molecule has 0 bridgehead atoms. The Labute approximate surface area is 126 Å². The predicted octanol–water partition coefficient (Wildman–Crippen LogP) is 1.65. The maximum Gasteiger partial charge on any atom is 0.320 e. The van der Waals surface area contributed by atoms with E-state index in [0.29, 0.717) is 38.6 Å². The number of carboxylic acid groups (broad SMARTS) is 1. The summed E-state index contributed by atoms with van der Waals surface area (Å²) in [6.45, 7) is 5.68. The molecule has 6 nitrogen and oxygen atoms in total. The number of carbonyl (C=O) groups excluding carboxylic acids is 1. The first-order valence-corrected chi connectivity index (χ1v) is 7.67. The number of hydrogen-bond acceptors (Lipinski definition) is 3. The van der Waals surface area contributed by atoms with E-state index in [1.807, 2.05) is 4.90 Å². The van der Waals surface area contributed by atoms with Gasteiger partial charge >= 0.3 is 12.0 Å². The number of carbonyl (C=O) groups is 2. The minimum Gasteiger partial charge on any atom is -0.481 e. The molecular formula is C15H26N2O4. The van der Waals surface area contributed by atoms with Gasteiger partial charge in [0.05, 0.1) is 12.0 Å². The molecule has 1 saturated carbocycles. The van der Waals surface area contributed by atoms with Gasteiger partial charge < -0.3 is 19.6 Å². The average molecular weight is 298 g/mol. The summed E-state index contributed by atoms with van der Waals surface area (Å²) >= 11 is 0. The number of urea groups is 1. The van der Waals surface area contributed by atoms with Crippen molar-refractivity contribution in [3.05, 3.63) is 0 Å². The second-order valence-electron chi connectivity index (χ2n) is 6.58. The lowest BCUT2D eigenvalue weighted by atomic mass is 9.90. The molecule has 1 aliphatic heterocycles. The molecule has 0 aromatic carbocycles. The fourth-order valence-corrected chi connectivity index (χ4v) is 2.98. The van der Waals surface area contributed by atoms with E-state index in [-0.39, 0.29) is 12.1 Å². The highest BCUT2D eigenvalue weighted by Crippen LogP contribution is 2.36. The van der Waals surface area contributed by atoms with Crippen LogP contribution in [0.3, 0.4) is 0 Å². The van der Waals surface area contributed by atoms with Crippen LogP contribution in [0.1, 0.15) is 33.1 Å². The van der Waals surface area contributed by atoms with Crippen molar-refractivity contribution in [3.63, 3.8) is 0 Å². The third kappa shape index (κ3) is 3.48. The number of amides is 2. The highest BCUT2D eigenvalue weighted by Gasteiger charge is 2.44. The summed E-state index contributed by atoms with van der Waals surface area (Å²) in [5, 5.41) is 9.29. The fourth-order valence-electron chi connectivity index (χ4n) is 2.98. The summed E-state index contributed by atoms with van der Waals surface area (Å²) in [5.41, 5.74) is -0.814. The van der Waals surface area contributed by atoms with Gasteiger partial charge in [-0.2, -0.15) is 0 Å². The molecule has 21 heavy (non-hydrogen) atoms. The van der Waals surface area contributed by atoms with Crippen LogP contribution in [-0.4, -0.2) is 66.3 Å². The number of aliphatic carboxylic acids is 1. The molecule has 2 fully saturated rings. The highest BCUT2D eigenvalue weighted by atomic mass is 16.5. The van der Waals surface area contributed by atoms with Crippen LogP contribution in [0.15, 0.2) is 0 Å². The number of nitrogens with zero attached hydrogens (tertiary/aromatic N) is 2. The van der Waals surface area contributed by atoms with Gasteiger partial charge in [-0.15, -0.1) is 0 Å². The van der Waals surface area contributed by atoms with Gasteiger partial charge in [-0.05, 0) is 39.0 Å². The Kier molecular flexibility index (Phi) is 4.76. The zero-order valence-corrected chi connectivity index (χ0v) is 13.2. The Morgan fingerprint density at radius 3 is 2.62 bits per heavy atom. The van der Waals surface area contributed by atoms with E-state index >= 15 is 0 Å². The molecule has 1 saturated heterocycles. The van der Waals surface area contributed by atoms with E-state index in [4.69, 9.17) is 4.74 Å². The van der Waals surface area contributed by atoms with Crippen molar-refractivity contribution < 1.29 is 19.4 Å². The van der Waals surface area contributed by atoms with E-state index in [0.717, 1.165) is 0 Å². The van der Waals surface area contributed by atoms with E-state index in [1.54, 1.807) is 18.9 Å².